The van der Waals surface area contributed by atoms with E-state index in [-0.39, 0.29) is 11.9 Å². The molecule has 1 atom stereocenters. The number of thiazole rings is 1. The maximum absolute atomic E-state index is 12.0. The Morgan fingerprint density at radius 3 is 3.11 bits per heavy atom. The van der Waals surface area contributed by atoms with E-state index in [0.717, 1.165) is 28.3 Å². The lowest BCUT2D eigenvalue weighted by molar-refractivity contribution is -0.117. The minimum Gasteiger partial charge on any atom is -0.304 e. The molecule has 94 valence electrons. The van der Waals surface area contributed by atoms with Gasteiger partial charge in [-0.1, -0.05) is 23.5 Å². The van der Waals surface area contributed by atoms with Gasteiger partial charge < -0.3 is 10.6 Å². The second-order valence-corrected chi connectivity index (χ2v) is 6.24. The largest absolute Gasteiger partial charge is 0.304 e. The zero-order valence-electron chi connectivity index (χ0n) is 9.68. The third-order valence-electron chi connectivity index (χ3n) is 2.76. The molecule has 3 rings (SSSR count). The van der Waals surface area contributed by atoms with Crippen LogP contribution in [0.5, 0.6) is 0 Å². The zero-order valence-corrected chi connectivity index (χ0v) is 11.3. The van der Waals surface area contributed by atoms with Crippen molar-refractivity contribution in [1.29, 1.82) is 0 Å². The van der Waals surface area contributed by atoms with E-state index in [1.807, 2.05) is 24.3 Å². The number of hydrogen-bond donors (Lipinski definition) is 2. The standard InChI is InChI=1S/C12H13N3OS2/c16-11(9-7-17-6-5-13-9)15-12-14-8-3-1-2-4-10(8)18-12/h1-4,9,13H,5-7H2,(H,14,15,16). The number of amides is 1. The molecule has 1 aliphatic heterocycles. The summed E-state index contributed by atoms with van der Waals surface area (Å²) in [5.41, 5.74) is 0.934. The van der Waals surface area contributed by atoms with E-state index in [9.17, 15) is 4.79 Å². The van der Waals surface area contributed by atoms with Crippen LogP contribution in [0.15, 0.2) is 24.3 Å². The maximum Gasteiger partial charge on any atom is 0.244 e. The van der Waals surface area contributed by atoms with Crippen LogP contribution in [-0.2, 0) is 4.79 Å². The Bertz CT molecular complexity index is 530. The first-order chi connectivity index (χ1) is 8.83. The van der Waals surface area contributed by atoms with Crippen molar-refractivity contribution >= 4 is 44.4 Å². The molecular formula is C12H13N3OS2. The predicted molar refractivity (Wildman–Crippen MR) is 77.4 cm³/mol. The highest BCUT2D eigenvalue weighted by Crippen LogP contribution is 2.25. The molecule has 1 fully saturated rings. The monoisotopic (exact) mass is 279 g/mol. The summed E-state index contributed by atoms with van der Waals surface area (Å²) in [4.78, 5) is 16.4. The van der Waals surface area contributed by atoms with Crippen LogP contribution in [0.25, 0.3) is 10.2 Å². The molecular weight excluding hydrogens is 266 g/mol. The van der Waals surface area contributed by atoms with Crippen LogP contribution < -0.4 is 10.6 Å². The number of fused-ring (bicyclic) bond motifs is 1. The first-order valence-corrected chi connectivity index (χ1v) is 7.77. The molecule has 2 aromatic rings. The smallest absolute Gasteiger partial charge is 0.244 e. The minimum atomic E-state index is -0.101. The molecule has 2 N–H and O–H groups in total. The summed E-state index contributed by atoms with van der Waals surface area (Å²) in [5.74, 6) is 1.92. The summed E-state index contributed by atoms with van der Waals surface area (Å²) in [7, 11) is 0. The topological polar surface area (TPSA) is 54.0 Å². The molecule has 18 heavy (non-hydrogen) atoms. The average molecular weight is 279 g/mol. The summed E-state index contributed by atoms with van der Waals surface area (Å²) < 4.78 is 1.10. The SMILES string of the molecule is O=C(Nc1nc2ccccc2s1)C1CSCCN1. The Morgan fingerprint density at radius 1 is 1.44 bits per heavy atom. The Hall–Kier alpha value is -1.11. The van der Waals surface area contributed by atoms with E-state index in [2.05, 4.69) is 15.6 Å². The van der Waals surface area contributed by atoms with Gasteiger partial charge in [-0.05, 0) is 12.1 Å². The Morgan fingerprint density at radius 2 is 2.33 bits per heavy atom. The Labute approximate surface area is 113 Å². The van der Waals surface area contributed by atoms with Crippen molar-refractivity contribution in [1.82, 2.24) is 10.3 Å². The number of benzene rings is 1. The average Bonchev–Trinajstić information content (AvgIpc) is 2.82. The molecule has 1 aromatic heterocycles. The van der Waals surface area contributed by atoms with E-state index in [4.69, 9.17) is 0 Å². The van der Waals surface area contributed by atoms with E-state index in [1.165, 1.54) is 11.3 Å². The number of thioether (sulfide) groups is 1. The number of carbonyl (C=O) groups is 1. The lowest BCUT2D eigenvalue weighted by atomic mass is 10.3. The third kappa shape index (κ3) is 2.50. The highest BCUT2D eigenvalue weighted by Gasteiger charge is 2.21. The first-order valence-electron chi connectivity index (χ1n) is 5.80. The van der Waals surface area contributed by atoms with Gasteiger partial charge in [0, 0.05) is 18.1 Å². The molecule has 1 unspecified atom stereocenters. The number of anilines is 1. The van der Waals surface area contributed by atoms with E-state index < -0.39 is 0 Å². The molecule has 1 aliphatic rings. The summed E-state index contributed by atoms with van der Waals surface area (Å²) >= 11 is 3.32. The molecule has 0 radical (unpaired) electrons. The third-order valence-corrected chi connectivity index (χ3v) is 4.78. The fourth-order valence-electron chi connectivity index (χ4n) is 1.85. The number of nitrogens with zero attached hydrogens (tertiary/aromatic N) is 1. The van der Waals surface area contributed by atoms with Gasteiger partial charge in [0.1, 0.15) is 0 Å². The molecule has 1 saturated heterocycles. The number of rotatable bonds is 2. The Kier molecular flexibility index (Phi) is 3.49. The second-order valence-electron chi connectivity index (χ2n) is 4.06. The van der Waals surface area contributed by atoms with Gasteiger partial charge in [-0.15, -0.1) is 0 Å². The number of carbonyl (C=O) groups excluding carboxylic acids is 1. The fourth-order valence-corrected chi connectivity index (χ4v) is 3.65. The lowest BCUT2D eigenvalue weighted by Gasteiger charge is -2.21. The zero-order chi connectivity index (χ0) is 12.4. The number of nitrogens with one attached hydrogen (secondary N) is 2. The fraction of sp³-hybridized carbons (Fsp3) is 0.333. The quantitative estimate of drug-likeness (QED) is 0.882. The van der Waals surface area contributed by atoms with E-state index in [1.54, 1.807) is 11.8 Å². The van der Waals surface area contributed by atoms with Gasteiger partial charge in [0.2, 0.25) is 5.91 Å². The molecule has 0 spiro atoms. The number of para-hydroxylation sites is 1. The molecule has 0 aliphatic carbocycles. The first kappa shape index (κ1) is 12.0. The Balaban J connectivity index is 1.73. The lowest BCUT2D eigenvalue weighted by Crippen LogP contribution is -2.46. The van der Waals surface area contributed by atoms with Crippen molar-refractivity contribution < 1.29 is 4.79 Å². The van der Waals surface area contributed by atoms with Crippen molar-refractivity contribution in [2.75, 3.05) is 23.4 Å². The maximum atomic E-state index is 12.0. The van der Waals surface area contributed by atoms with Crippen LogP contribution >= 0.6 is 23.1 Å². The summed E-state index contributed by atoms with van der Waals surface area (Å²) in [6.07, 6.45) is 0. The van der Waals surface area contributed by atoms with Crippen LogP contribution in [0.4, 0.5) is 5.13 Å². The van der Waals surface area contributed by atoms with Crippen LogP contribution in [0.3, 0.4) is 0 Å². The number of aromatic nitrogens is 1. The molecule has 0 bridgehead atoms. The summed E-state index contributed by atoms with van der Waals surface area (Å²) in [5, 5.41) is 6.79. The molecule has 2 heterocycles. The van der Waals surface area contributed by atoms with Crippen molar-refractivity contribution in [2.45, 2.75) is 6.04 Å². The van der Waals surface area contributed by atoms with Crippen molar-refractivity contribution in [2.24, 2.45) is 0 Å². The van der Waals surface area contributed by atoms with Crippen molar-refractivity contribution in [3.63, 3.8) is 0 Å². The minimum absolute atomic E-state index is 0.0151. The van der Waals surface area contributed by atoms with Gasteiger partial charge in [-0.25, -0.2) is 4.98 Å². The molecule has 1 aromatic carbocycles. The van der Waals surface area contributed by atoms with Gasteiger partial charge in [0.15, 0.2) is 5.13 Å². The van der Waals surface area contributed by atoms with Crippen LogP contribution in [0.2, 0.25) is 0 Å². The highest BCUT2D eigenvalue weighted by molar-refractivity contribution is 7.99. The van der Waals surface area contributed by atoms with Gasteiger partial charge in [-0.2, -0.15) is 11.8 Å². The molecule has 1 amide bonds. The van der Waals surface area contributed by atoms with Gasteiger partial charge in [0.05, 0.1) is 16.3 Å². The summed E-state index contributed by atoms with van der Waals surface area (Å²) in [6.45, 7) is 0.891. The van der Waals surface area contributed by atoms with E-state index in [0.29, 0.717) is 5.13 Å². The van der Waals surface area contributed by atoms with Crippen LogP contribution in [0, 0.1) is 0 Å². The van der Waals surface area contributed by atoms with E-state index >= 15 is 0 Å². The molecule has 4 nitrogen and oxygen atoms in total. The predicted octanol–water partition coefficient (Wildman–Crippen LogP) is 1.94. The second kappa shape index (κ2) is 5.26. The van der Waals surface area contributed by atoms with Crippen LogP contribution in [0.1, 0.15) is 0 Å². The molecule has 0 saturated carbocycles. The highest BCUT2D eigenvalue weighted by atomic mass is 32.2. The molecule has 6 heteroatoms. The van der Waals surface area contributed by atoms with Crippen molar-refractivity contribution in [3.8, 4) is 0 Å². The van der Waals surface area contributed by atoms with Gasteiger partial charge >= 0.3 is 0 Å². The normalized spacial score (nSPS) is 19.9. The van der Waals surface area contributed by atoms with Gasteiger partial charge in [-0.3, -0.25) is 4.79 Å². The van der Waals surface area contributed by atoms with Crippen molar-refractivity contribution in [3.05, 3.63) is 24.3 Å². The van der Waals surface area contributed by atoms with Crippen LogP contribution in [-0.4, -0.2) is 35.0 Å². The number of hydrogen-bond acceptors (Lipinski definition) is 5. The van der Waals surface area contributed by atoms with Gasteiger partial charge in [0.25, 0.3) is 0 Å². The summed E-state index contributed by atoms with van der Waals surface area (Å²) in [6, 6.07) is 7.79.